The van der Waals surface area contributed by atoms with Crippen molar-refractivity contribution in [1.82, 2.24) is 0 Å². The fourth-order valence-corrected chi connectivity index (χ4v) is 2.89. The van der Waals surface area contributed by atoms with Gasteiger partial charge >= 0.3 is 0 Å². The summed E-state index contributed by atoms with van der Waals surface area (Å²) in [5.74, 6) is 0.268. The quantitative estimate of drug-likeness (QED) is 0.691. The van der Waals surface area contributed by atoms with E-state index < -0.39 is 0 Å². The summed E-state index contributed by atoms with van der Waals surface area (Å²) in [7, 11) is 0. The van der Waals surface area contributed by atoms with Crippen molar-refractivity contribution < 1.29 is 5.11 Å². The van der Waals surface area contributed by atoms with Gasteiger partial charge in [-0.05, 0) is 29.5 Å². The van der Waals surface area contributed by atoms with E-state index >= 15 is 0 Å². The molecule has 0 aliphatic rings. The minimum absolute atomic E-state index is 0.268. The molecule has 1 aromatic heterocycles. The second-order valence-corrected chi connectivity index (χ2v) is 4.28. The summed E-state index contributed by atoms with van der Waals surface area (Å²) in [6.07, 6.45) is 0.983. The van der Waals surface area contributed by atoms with E-state index in [0.717, 1.165) is 11.8 Å². The third-order valence-electron chi connectivity index (χ3n) is 2.15. The van der Waals surface area contributed by atoms with E-state index in [1.165, 1.54) is 10.3 Å². The van der Waals surface area contributed by atoms with Gasteiger partial charge in [0, 0.05) is 10.1 Å². The van der Waals surface area contributed by atoms with Gasteiger partial charge in [-0.15, -0.1) is 24.0 Å². The van der Waals surface area contributed by atoms with E-state index in [4.69, 9.17) is 0 Å². The first-order chi connectivity index (χ1) is 6.24. The van der Waals surface area contributed by atoms with E-state index in [2.05, 4.69) is 24.9 Å². The molecule has 68 valence electrons. The number of phenolic OH excluding ortho intramolecular Hbond substituents is 1. The standard InChI is InChI=1S/C10H10OS2/c1-2-6-5-13-8-4-3-7(11)10(12)9(6)8/h3-5,11-12H,2H2,1H3. The highest BCUT2D eigenvalue weighted by Crippen LogP contribution is 2.36. The minimum Gasteiger partial charge on any atom is -0.507 e. The predicted octanol–water partition coefficient (Wildman–Crippen LogP) is 3.46. The number of fused-ring (bicyclic) bond motifs is 1. The van der Waals surface area contributed by atoms with Crippen LogP contribution in [0, 0.1) is 0 Å². The van der Waals surface area contributed by atoms with Gasteiger partial charge in [0.1, 0.15) is 5.75 Å². The van der Waals surface area contributed by atoms with Crippen LogP contribution in [0.4, 0.5) is 0 Å². The second kappa shape index (κ2) is 3.24. The Bertz CT molecular complexity index is 445. The molecule has 1 heterocycles. The van der Waals surface area contributed by atoms with E-state index in [9.17, 15) is 5.11 Å². The highest BCUT2D eigenvalue weighted by Gasteiger charge is 2.08. The molecule has 1 aromatic carbocycles. The molecule has 0 unspecified atom stereocenters. The Morgan fingerprint density at radius 2 is 2.23 bits per heavy atom. The molecule has 0 saturated carbocycles. The molecule has 0 amide bonds. The Hall–Kier alpha value is -0.670. The second-order valence-electron chi connectivity index (χ2n) is 2.92. The predicted molar refractivity (Wildman–Crippen MR) is 60.1 cm³/mol. The fraction of sp³-hybridized carbons (Fsp3) is 0.200. The van der Waals surface area contributed by atoms with E-state index in [-0.39, 0.29) is 5.75 Å². The number of aromatic hydroxyl groups is 1. The lowest BCUT2D eigenvalue weighted by molar-refractivity contribution is 0.464. The number of hydrogen-bond acceptors (Lipinski definition) is 3. The van der Waals surface area contributed by atoms with Crippen molar-refractivity contribution in [2.45, 2.75) is 18.2 Å². The smallest absolute Gasteiger partial charge is 0.129 e. The molecule has 0 radical (unpaired) electrons. The van der Waals surface area contributed by atoms with Crippen molar-refractivity contribution in [1.29, 1.82) is 0 Å². The van der Waals surface area contributed by atoms with Crippen LogP contribution < -0.4 is 0 Å². The third kappa shape index (κ3) is 1.32. The monoisotopic (exact) mass is 210 g/mol. The highest BCUT2D eigenvalue weighted by atomic mass is 32.1. The van der Waals surface area contributed by atoms with Crippen LogP contribution in [0.2, 0.25) is 0 Å². The molecule has 0 saturated heterocycles. The van der Waals surface area contributed by atoms with Crippen LogP contribution in [0.25, 0.3) is 10.1 Å². The van der Waals surface area contributed by atoms with Gasteiger partial charge in [0.25, 0.3) is 0 Å². The number of rotatable bonds is 1. The molecule has 0 aliphatic heterocycles. The lowest BCUT2D eigenvalue weighted by Crippen LogP contribution is -1.78. The Balaban J connectivity index is 2.85. The molecule has 2 aromatic rings. The fourth-order valence-electron chi connectivity index (χ4n) is 1.42. The van der Waals surface area contributed by atoms with E-state index in [0.29, 0.717) is 4.90 Å². The minimum atomic E-state index is 0.268. The first-order valence-electron chi connectivity index (χ1n) is 4.15. The lowest BCUT2D eigenvalue weighted by atomic mass is 10.1. The van der Waals surface area contributed by atoms with Crippen molar-refractivity contribution in [3.05, 3.63) is 23.1 Å². The maximum atomic E-state index is 9.48. The van der Waals surface area contributed by atoms with E-state index in [1.807, 2.05) is 6.07 Å². The van der Waals surface area contributed by atoms with Crippen molar-refractivity contribution in [2.24, 2.45) is 0 Å². The topological polar surface area (TPSA) is 20.2 Å². The average molecular weight is 210 g/mol. The number of benzene rings is 1. The molecule has 1 nitrogen and oxygen atoms in total. The number of phenols is 1. The molecule has 1 N–H and O–H groups in total. The molecule has 0 bridgehead atoms. The first kappa shape index (κ1) is 8.91. The Kier molecular flexibility index (Phi) is 2.22. The zero-order valence-corrected chi connectivity index (χ0v) is 8.95. The molecular formula is C10H10OS2. The van der Waals surface area contributed by atoms with Crippen LogP contribution in [0.5, 0.6) is 5.75 Å². The molecule has 3 heteroatoms. The van der Waals surface area contributed by atoms with Crippen molar-refractivity contribution >= 4 is 34.1 Å². The Morgan fingerprint density at radius 3 is 2.92 bits per heavy atom. The Labute approximate surface area is 86.4 Å². The first-order valence-corrected chi connectivity index (χ1v) is 5.47. The van der Waals surface area contributed by atoms with Crippen LogP contribution in [0.3, 0.4) is 0 Å². The van der Waals surface area contributed by atoms with E-state index in [1.54, 1.807) is 17.4 Å². The van der Waals surface area contributed by atoms with Gasteiger partial charge in [0.2, 0.25) is 0 Å². The number of aryl methyl sites for hydroxylation is 1. The number of hydrogen-bond donors (Lipinski definition) is 2. The number of thiol groups is 1. The average Bonchev–Trinajstić information content (AvgIpc) is 2.55. The van der Waals surface area contributed by atoms with Gasteiger partial charge in [-0.25, -0.2) is 0 Å². The molecule has 0 atom stereocenters. The molecule has 2 rings (SSSR count). The van der Waals surface area contributed by atoms with Crippen molar-refractivity contribution in [2.75, 3.05) is 0 Å². The SMILES string of the molecule is CCc1csc2ccc(O)c(S)c12. The summed E-state index contributed by atoms with van der Waals surface area (Å²) in [5, 5.41) is 12.7. The zero-order chi connectivity index (χ0) is 9.42. The highest BCUT2D eigenvalue weighted by molar-refractivity contribution is 7.80. The van der Waals surface area contributed by atoms with Crippen LogP contribution in [-0.2, 0) is 6.42 Å². The lowest BCUT2D eigenvalue weighted by Gasteiger charge is -2.01. The summed E-state index contributed by atoms with van der Waals surface area (Å²) < 4.78 is 1.19. The maximum absolute atomic E-state index is 9.48. The van der Waals surface area contributed by atoms with Gasteiger partial charge in [-0.1, -0.05) is 6.92 Å². The molecule has 0 spiro atoms. The van der Waals surface area contributed by atoms with Crippen LogP contribution >= 0.6 is 24.0 Å². The summed E-state index contributed by atoms with van der Waals surface area (Å²) >= 11 is 6.01. The third-order valence-corrected chi connectivity index (χ3v) is 3.60. The summed E-state index contributed by atoms with van der Waals surface area (Å²) in [6, 6.07) is 3.63. The van der Waals surface area contributed by atoms with Gasteiger partial charge in [0.05, 0.1) is 4.90 Å². The van der Waals surface area contributed by atoms with Gasteiger partial charge in [-0.2, -0.15) is 0 Å². The van der Waals surface area contributed by atoms with Crippen molar-refractivity contribution in [3.8, 4) is 5.75 Å². The van der Waals surface area contributed by atoms with Gasteiger partial charge < -0.3 is 5.11 Å². The summed E-state index contributed by atoms with van der Waals surface area (Å²) in [4.78, 5) is 0.704. The molecular weight excluding hydrogens is 200 g/mol. The molecule has 0 fully saturated rings. The number of thiophene rings is 1. The summed E-state index contributed by atoms with van der Waals surface area (Å²) in [6.45, 7) is 2.11. The normalized spacial score (nSPS) is 10.9. The van der Waals surface area contributed by atoms with Gasteiger partial charge in [0.15, 0.2) is 0 Å². The zero-order valence-electron chi connectivity index (χ0n) is 7.24. The van der Waals surface area contributed by atoms with Gasteiger partial charge in [-0.3, -0.25) is 0 Å². The van der Waals surface area contributed by atoms with Crippen molar-refractivity contribution in [3.63, 3.8) is 0 Å². The Morgan fingerprint density at radius 1 is 1.46 bits per heavy atom. The molecule has 13 heavy (non-hydrogen) atoms. The largest absolute Gasteiger partial charge is 0.507 e. The van der Waals surface area contributed by atoms with Crippen LogP contribution in [0.1, 0.15) is 12.5 Å². The summed E-state index contributed by atoms with van der Waals surface area (Å²) in [5.41, 5.74) is 1.26. The van der Waals surface area contributed by atoms with Crippen LogP contribution in [0.15, 0.2) is 22.4 Å². The molecule has 0 aliphatic carbocycles. The maximum Gasteiger partial charge on any atom is 0.129 e. The van der Waals surface area contributed by atoms with Crippen LogP contribution in [-0.4, -0.2) is 5.11 Å².